The Morgan fingerprint density at radius 3 is 2.47 bits per heavy atom. The molecule has 3 nitrogen and oxygen atoms in total. The number of likely N-dealkylation sites (N-methyl/N-ethyl adjacent to an activating group) is 1. The maximum atomic E-state index is 6.59. The van der Waals surface area contributed by atoms with Crippen LogP contribution in [0.15, 0.2) is 24.3 Å². The summed E-state index contributed by atoms with van der Waals surface area (Å²) in [4.78, 5) is 2.12. The van der Waals surface area contributed by atoms with Gasteiger partial charge in [-0.05, 0) is 37.7 Å². The standard InChI is InChI=1S/C14H24N2O/c1-11(2)14(15,10-16(3)4)12-7-6-8-13(9-12)17-5/h6-9,11H,10,15H2,1-5H3. The fourth-order valence-electron chi connectivity index (χ4n) is 2.04. The molecule has 0 aromatic heterocycles. The summed E-state index contributed by atoms with van der Waals surface area (Å²) in [6.07, 6.45) is 0. The van der Waals surface area contributed by atoms with Crippen molar-refractivity contribution in [1.29, 1.82) is 0 Å². The molecular weight excluding hydrogens is 212 g/mol. The second kappa shape index (κ2) is 5.52. The van der Waals surface area contributed by atoms with Gasteiger partial charge in [-0.1, -0.05) is 26.0 Å². The van der Waals surface area contributed by atoms with E-state index in [9.17, 15) is 0 Å². The first kappa shape index (κ1) is 14.0. The van der Waals surface area contributed by atoms with E-state index >= 15 is 0 Å². The number of nitrogens with zero attached hydrogens (tertiary/aromatic N) is 1. The molecule has 0 aliphatic rings. The average molecular weight is 236 g/mol. The first-order valence-electron chi connectivity index (χ1n) is 5.98. The van der Waals surface area contributed by atoms with Crippen molar-refractivity contribution >= 4 is 0 Å². The van der Waals surface area contributed by atoms with Crippen LogP contribution in [0.5, 0.6) is 5.75 Å². The van der Waals surface area contributed by atoms with Crippen molar-refractivity contribution in [1.82, 2.24) is 4.90 Å². The molecule has 3 heteroatoms. The van der Waals surface area contributed by atoms with Crippen molar-refractivity contribution in [3.8, 4) is 5.75 Å². The molecule has 0 spiro atoms. The summed E-state index contributed by atoms with van der Waals surface area (Å²) >= 11 is 0. The first-order chi connectivity index (χ1) is 7.90. The largest absolute Gasteiger partial charge is 0.497 e. The zero-order valence-electron chi connectivity index (χ0n) is 11.5. The Morgan fingerprint density at radius 1 is 1.35 bits per heavy atom. The number of nitrogens with two attached hydrogens (primary N) is 1. The van der Waals surface area contributed by atoms with E-state index in [0.29, 0.717) is 5.92 Å². The molecule has 1 unspecified atom stereocenters. The first-order valence-corrected chi connectivity index (χ1v) is 5.98. The van der Waals surface area contributed by atoms with Crippen LogP contribution in [0.3, 0.4) is 0 Å². The van der Waals surface area contributed by atoms with E-state index in [1.807, 2.05) is 32.3 Å². The minimum atomic E-state index is -0.349. The lowest BCUT2D eigenvalue weighted by molar-refractivity contribution is 0.224. The molecule has 0 radical (unpaired) electrons. The summed E-state index contributed by atoms with van der Waals surface area (Å²) in [6.45, 7) is 5.13. The molecule has 0 heterocycles. The lowest BCUT2D eigenvalue weighted by atomic mass is 9.80. The van der Waals surface area contributed by atoms with E-state index in [-0.39, 0.29) is 5.54 Å². The molecule has 0 aliphatic carbocycles. The van der Waals surface area contributed by atoms with Gasteiger partial charge in [0.05, 0.1) is 12.6 Å². The van der Waals surface area contributed by atoms with Crippen molar-refractivity contribution in [2.24, 2.45) is 11.7 Å². The number of methoxy groups -OCH3 is 1. The van der Waals surface area contributed by atoms with Gasteiger partial charge < -0.3 is 15.4 Å². The van der Waals surface area contributed by atoms with Crippen LogP contribution in [0.25, 0.3) is 0 Å². The quantitative estimate of drug-likeness (QED) is 0.850. The van der Waals surface area contributed by atoms with Gasteiger partial charge in [-0.2, -0.15) is 0 Å². The molecule has 96 valence electrons. The Kier molecular flexibility index (Phi) is 4.54. The molecule has 0 aliphatic heterocycles. The molecular formula is C14H24N2O. The highest BCUT2D eigenvalue weighted by Crippen LogP contribution is 2.29. The normalized spacial score (nSPS) is 15.1. The zero-order chi connectivity index (χ0) is 13.1. The summed E-state index contributed by atoms with van der Waals surface area (Å²) in [6, 6.07) is 8.04. The minimum Gasteiger partial charge on any atom is -0.497 e. The predicted octanol–water partition coefficient (Wildman–Crippen LogP) is 2.07. The highest BCUT2D eigenvalue weighted by atomic mass is 16.5. The molecule has 0 saturated heterocycles. The Balaban J connectivity index is 3.12. The lowest BCUT2D eigenvalue weighted by Crippen LogP contribution is -2.49. The molecule has 1 aromatic carbocycles. The summed E-state index contributed by atoms with van der Waals surface area (Å²) < 4.78 is 5.27. The Bertz CT molecular complexity index is 363. The smallest absolute Gasteiger partial charge is 0.119 e. The topological polar surface area (TPSA) is 38.5 Å². The van der Waals surface area contributed by atoms with E-state index in [1.54, 1.807) is 7.11 Å². The highest BCUT2D eigenvalue weighted by molar-refractivity contribution is 5.34. The minimum absolute atomic E-state index is 0.349. The van der Waals surface area contributed by atoms with E-state index in [2.05, 4.69) is 24.8 Å². The van der Waals surface area contributed by atoms with Crippen molar-refractivity contribution in [3.05, 3.63) is 29.8 Å². The molecule has 1 atom stereocenters. The Morgan fingerprint density at radius 2 is 2.00 bits per heavy atom. The predicted molar refractivity (Wildman–Crippen MR) is 72.3 cm³/mol. The van der Waals surface area contributed by atoms with Gasteiger partial charge in [0.2, 0.25) is 0 Å². The summed E-state index contributed by atoms with van der Waals surface area (Å²) in [5, 5.41) is 0. The van der Waals surface area contributed by atoms with E-state index in [4.69, 9.17) is 10.5 Å². The number of rotatable bonds is 5. The molecule has 17 heavy (non-hydrogen) atoms. The number of ether oxygens (including phenoxy) is 1. The van der Waals surface area contributed by atoms with Gasteiger partial charge in [-0.15, -0.1) is 0 Å². The monoisotopic (exact) mass is 236 g/mol. The second-order valence-electron chi connectivity index (χ2n) is 5.16. The van der Waals surface area contributed by atoms with Crippen LogP contribution in [-0.4, -0.2) is 32.6 Å². The van der Waals surface area contributed by atoms with E-state index in [1.165, 1.54) is 0 Å². The molecule has 1 rings (SSSR count). The number of hydrogen-bond acceptors (Lipinski definition) is 3. The van der Waals surface area contributed by atoms with Crippen LogP contribution in [0.4, 0.5) is 0 Å². The zero-order valence-corrected chi connectivity index (χ0v) is 11.5. The SMILES string of the molecule is COc1cccc(C(N)(CN(C)C)C(C)C)c1. The second-order valence-corrected chi connectivity index (χ2v) is 5.16. The van der Waals surface area contributed by atoms with Crippen LogP contribution in [0.2, 0.25) is 0 Å². The number of hydrogen-bond donors (Lipinski definition) is 1. The van der Waals surface area contributed by atoms with Crippen molar-refractivity contribution in [2.45, 2.75) is 19.4 Å². The fraction of sp³-hybridized carbons (Fsp3) is 0.571. The maximum absolute atomic E-state index is 6.59. The van der Waals surface area contributed by atoms with Crippen LogP contribution in [0, 0.1) is 5.92 Å². The summed E-state index contributed by atoms with van der Waals surface area (Å²) in [5.74, 6) is 1.22. The molecule has 1 aromatic rings. The average Bonchev–Trinajstić information content (AvgIpc) is 2.28. The molecule has 0 bridgehead atoms. The van der Waals surface area contributed by atoms with Gasteiger partial charge >= 0.3 is 0 Å². The van der Waals surface area contributed by atoms with Gasteiger partial charge in [0.15, 0.2) is 0 Å². The van der Waals surface area contributed by atoms with Crippen LogP contribution in [0.1, 0.15) is 19.4 Å². The third-order valence-electron chi connectivity index (χ3n) is 3.22. The molecule has 2 N–H and O–H groups in total. The van der Waals surface area contributed by atoms with Gasteiger partial charge in [0.25, 0.3) is 0 Å². The van der Waals surface area contributed by atoms with Gasteiger partial charge in [0, 0.05) is 6.54 Å². The summed E-state index contributed by atoms with van der Waals surface area (Å²) in [5.41, 5.74) is 7.37. The van der Waals surface area contributed by atoms with Crippen LogP contribution < -0.4 is 10.5 Å². The van der Waals surface area contributed by atoms with Gasteiger partial charge in [-0.3, -0.25) is 0 Å². The third-order valence-corrected chi connectivity index (χ3v) is 3.22. The van der Waals surface area contributed by atoms with Gasteiger partial charge in [0.1, 0.15) is 5.75 Å². The molecule has 0 fully saturated rings. The summed E-state index contributed by atoms with van der Waals surface area (Å²) in [7, 11) is 5.77. The fourth-order valence-corrected chi connectivity index (χ4v) is 2.04. The van der Waals surface area contributed by atoms with Crippen LogP contribution in [-0.2, 0) is 5.54 Å². The lowest BCUT2D eigenvalue weighted by Gasteiger charge is -2.36. The van der Waals surface area contributed by atoms with Gasteiger partial charge in [-0.25, -0.2) is 0 Å². The Labute approximate surface area is 105 Å². The van der Waals surface area contributed by atoms with Crippen molar-refractivity contribution < 1.29 is 4.74 Å². The molecule has 0 amide bonds. The Hall–Kier alpha value is -1.06. The highest BCUT2D eigenvalue weighted by Gasteiger charge is 2.32. The van der Waals surface area contributed by atoms with Crippen LogP contribution >= 0.6 is 0 Å². The maximum Gasteiger partial charge on any atom is 0.119 e. The van der Waals surface area contributed by atoms with E-state index < -0.39 is 0 Å². The molecule has 0 saturated carbocycles. The van der Waals surface area contributed by atoms with Crippen molar-refractivity contribution in [2.75, 3.05) is 27.7 Å². The third kappa shape index (κ3) is 3.20. The van der Waals surface area contributed by atoms with E-state index in [0.717, 1.165) is 17.9 Å². The number of benzene rings is 1. The van der Waals surface area contributed by atoms with Crippen molar-refractivity contribution in [3.63, 3.8) is 0 Å².